The van der Waals surface area contributed by atoms with Crippen molar-refractivity contribution < 1.29 is 14.6 Å². The number of aliphatic hydroxyl groups is 1. The van der Waals surface area contributed by atoms with E-state index in [1.807, 2.05) is 66.2 Å². The van der Waals surface area contributed by atoms with E-state index in [0.717, 1.165) is 35.0 Å². The molecule has 35 heavy (non-hydrogen) atoms. The standard InChI is InChI=1S/C29H37N3O3/c1-6-29(4,33)20-31(18-22-12-13-22)19-26-27(21(2)3)30-32(23-14-16-24(34-5)17-15-23)28(26)35-25-10-8-7-9-11-25/h6-11,14-17,21-22,33H,1,12-13,18-20H2,2-5H3/t29-/m0/s1. The Labute approximate surface area is 208 Å². The molecule has 0 saturated heterocycles. The second-order valence-corrected chi connectivity index (χ2v) is 10.0. The van der Waals surface area contributed by atoms with Crippen LogP contribution < -0.4 is 9.47 Å². The first kappa shape index (κ1) is 25.0. The molecule has 1 aromatic heterocycles. The number of nitrogens with zero attached hydrogens (tertiary/aromatic N) is 3. The van der Waals surface area contributed by atoms with Crippen molar-refractivity contribution in [2.45, 2.75) is 51.7 Å². The maximum absolute atomic E-state index is 10.8. The quantitative estimate of drug-likeness (QED) is 0.328. The lowest BCUT2D eigenvalue weighted by Crippen LogP contribution is -2.40. The molecular formula is C29H37N3O3. The van der Waals surface area contributed by atoms with Gasteiger partial charge in [-0.3, -0.25) is 4.90 Å². The number of aromatic nitrogens is 2. The van der Waals surface area contributed by atoms with Gasteiger partial charge in [-0.2, -0.15) is 5.10 Å². The van der Waals surface area contributed by atoms with Gasteiger partial charge >= 0.3 is 0 Å². The van der Waals surface area contributed by atoms with Crippen LogP contribution in [0.3, 0.4) is 0 Å². The smallest absolute Gasteiger partial charge is 0.227 e. The van der Waals surface area contributed by atoms with E-state index in [9.17, 15) is 5.11 Å². The summed E-state index contributed by atoms with van der Waals surface area (Å²) in [6, 6.07) is 17.6. The van der Waals surface area contributed by atoms with Crippen molar-refractivity contribution >= 4 is 0 Å². The van der Waals surface area contributed by atoms with Crippen molar-refractivity contribution in [3.63, 3.8) is 0 Å². The Bertz CT molecular complexity index is 1120. The fourth-order valence-electron chi connectivity index (χ4n) is 4.26. The zero-order valence-electron chi connectivity index (χ0n) is 21.3. The highest BCUT2D eigenvalue weighted by Gasteiger charge is 2.31. The predicted molar refractivity (Wildman–Crippen MR) is 140 cm³/mol. The van der Waals surface area contributed by atoms with Crippen LogP contribution in [0, 0.1) is 5.92 Å². The first-order valence-electron chi connectivity index (χ1n) is 12.4. The van der Waals surface area contributed by atoms with Gasteiger partial charge in [0.25, 0.3) is 0 Å². The van der Waals surface area contributed by atoms with Crippen LogP contribution in [-0.2, 0) is 6.54 Å². The topological polar surface area (TPSA) is 59.8 Å². The molecule has 0 radical (unpaired) electrons. The average molecular weight is 476 g/mol. The molecule has 0 unspecified atom stereocenters. The number of hydrogen-bond donors (Lipinski definition) is 1. The van der Waals surface area contributed by atoms with Crippen molar-refractivity contribution in [3.8, 4) is 23.1 Å². The van der Waals surface area contributed by atoms with E-state index in [1.54, 1.807) is 13.2 Å². The van der Waals surface area contributed by atoms with Crippen LogP contribution in [0.2, 0.25) is 0 Å². The fraction of sp³-hybridized carbons (Fsp3) is 0.414. The molecule has 3 aromatic rings. The summed E-state index contributed by atoms with van der Waals surface area (Å²) in [5.74, 6) is 3.12. The molecular weight excluding hydrogens is 438 g/mol. The minimum absolute atomic E-state index is 0.199. The predicted octanol–water partition coefficient (Wildman–Crippen LogP) is 5.95. The van der Waals surface area contributed by atoms with Crippen LogP contribution in [0.5, 0.6) is 17.4 Å². The third kappa shape index (κ3) is 6.32. The molecule has 0 amide bonds. The highest BCUT2D eigenvalue weighted by Crippen LogP contribution is 2.37. The summed E-state index contributed by atoms with van der Waals surface area (Å²) in [4.78, 5) is 2.32. The van der Waals surface area contributed by atoms with Crippen LogP contribution in [0.25, 0.3) is 5.69 Å². The second-order valence-electron chi connectivity index (χ2n) is 10.0. The molecule has 6 heteroatoms. The van der Waals surface area contributed by atoms with E-state index < -0.39 is 5.60 Å². The lowest BCUT2D eigenvalue weighted by atomic mass is 10.0. The van der Waals surface area contributed by atoms with Gasteiger partial charge in [-0.1, -0.05) is 38.1 Å². The Kier molecular flexibility index (Phi) is 7.63. The zero-order chi connectivity index (χ0) is 25.0. The Balaban J connectivity index is 1.79. The van der Waals surface area contributed by atoms with E-state index in [0.29, 0.717) is 24.9 Å². The zero-order valence-corrected chi connectivity index (χ0v) is 21.3. The van der Waals surface area contributed by atoms with Crippen molar-refractivity contribution in [3.05, 3.63) is 78.5 Å². The van der Waals surface area contributed by atoms with E-state index >= 15 is 0 Å². The van der Waals surface area contributed by atoms with Gasteiger partial charge in [0.2, 0.25) is 5.88 Å². The first-order valence-corrected chi connectivity index (χ1v) is 12.4. The minimum Gasteiger partial charge on any atom is -0.497 e. The van der Waals surface area contributed by atoms with Gasteiger partial charge in [0, 0.05) is 19.6 Å². The SMILES string of the molecule is C=C[C@](C)(O)CN(Cc1c(C(C)C)nn(-c2ccc(OC)cc2)c1Oc1ccccc1)CC1CC1. The summed E-state index contributed by atoms with van der Waals surface area (Å²) < 4.78 is 13.8. The van der Waals surface area contributed by atoms with E-state index in [4.69, 9.17) is 14.6 Å². The highest BCUT2D eigenvalue weighted by atomic mass is 16.5. The van der Waals surface area contributed by atoms with Crippen LogP contribution >= 0.6 is 0 Å². The molecule has 6 nitrogen and oxygen atoms in total. The lowest BCUT2D eigenvalue weighted by molar-refractivity contribution is 0.0564. The van der Waals surface area contributed by atoms with Crippen molar-refractivity contribution in [1.82, 2.24) is 14.7 Å². The van der Waals surface area contributed by atoms with Gasteiger partial charge in [-0.15, -0.1) is 6.58 Å². The highest BCUT2D eigenvalue weighted by molar-refractivity contribution is 5.46. The van der Waals surface area contributed by atoms with E-state index in [2.05, 4.69) is 25.3 Å². The van der Waals surface area contributed by atoms with Crippen LogP contribution in [-0.4, -0.2) is 45.6 Å². The van der Waals surface area contributed by atoms with Crippen molar-refractivity contribution in [2.24, 2.45) is 5.92 Å². The van der Waals surface area contributed by atoms with Crippen LogP contribution in [0.4, 0.5) is 0 Å². The molecule has 1 N–H and O–H groups in total. The maximum atomic E-state index is 10.8. The summed E-state index contributed by atoms with van der Waals surface area (Å²) in [6.07, 6.45) is 4.10. The Hall–Kier alpha value is -3.09. The monoisotopic (exact) mass is 475 g/mol. The van der Waals surface area contributed by atoms with Gasteiger partial charge in [0.05, 0.1) is 29.7 Å². The molecule has 0 spiro atoms. The Morgan fingerprint density at radius 3 is 2.40 bits per heavy atom. The van der Waals surface area contributed by atoms with E-state index in [-0.39, 0.29) is 5.92 Å². The second kappa shape index (κ2) is 10.7. The van der Waals surface area contributed by atoms with Gasteiger partial charge in [0.15, 0.2) is 0 Å². The normalized spacial score (nSPS) is 15.3. The molecule has 1 fully saturated rings. The molecule has 1 atom stereocenters. The van der Waals surface area contributed by atoms with Gasteiger partial charge < -0.3 is 14.6 Å². The number of ether oxygens (including phenoxy) is 2. The van der Waals surface area contributed by atoms with Crippen molar-refractivity contribution in [2.75, 3.05) is 20.2 Å². The molecule has 1 aliphatic rings. The molecule has 1 saturated carbocycles. The number of rotatable bonds is 12. The summed E-state index contributed by atoms with van der Waals surface area (Å²) in [5.41, 5.74) is 1.96. The van der Waals surface area contributed by atoms with Crippen molar-refractivity contribution in [1.29, 1.82) is 0 Å². The van der Waals surface area contributed by atoms with Gasteiger partial charge in [-0.25, -0.2) is 4.68 Å². The summed E-state index contributed by atoms with van der Waals surface area (Å²) in [6.45, 7) is 12.0. The summed E-state index contributed by atoms with van der Waals surface area (Å²) >= 11 is 0. The molecule has 186 valence electrons. The van der Waals surface area contributed by atoms with Crippen LogP contribution in [0.1, 0.15) is 50.8 Å². The molecule has 0 aliphatic heterocycles. The summed E-state index contributed by atoms with van der Waals surface area (Å²) in [5, 5.41) is 15.8. The first-order chi connectivity index (χ1) is 16.8. The largest absolute Gasteiger partial charge is 0.497 e. The average Bonchev–Trinajstić information content (AvgIpc) is 3.60. The number of methoxy groups -OCH3 is 1. The van der Waals surface area contributed by atoms with Gasteiger partial charge in [-0.05, 0) is 68.0 Å². The number of para-hydroxylation sites is 1. The fourth-order valence-corrected chi connectivity index (χ4v) is 4.26. The van der Waals surface area contributed by atoms with E-state index in [1.165, 1.54) is 12.8 Å². The Morgan fingerprint density at radius 2 is 1.83 bits per heavy atom. The summed E-state index contributed by atoms with van der Waals surface area (Å²) in [7, 11) is 1.66. The maximum Gasteiger partial charge on any atom is 0.227 e. The third-order valence-corrected chi connectivity index (χ3v) is 6.37. The molecule has 1 heterocycles. The molecule has 2 aromatic carbocycles. The third-order valence-electron chi connectivity index (χ3n) is 6.37. The number of hydrogen-bond acceptors (Lipinski definition) is 5. The lowest BCUT2D eigenvalue weighted by Gasteiger charge is -2.30. The minimum atomic E-state index is -0.973. The Morgan fingerprint density at radius 1 is 1.14 bits per heavy atom. The molecule has 4 rings (SSSR count). The molecule has 0 bridgehead atoms. The number of benzene rings is 2. The van der Waals surface area contributed by atoms with Crippen LogP contribution in [0.15, 0.2) is 67.3 Å². The molecule has 1 aliphatic carbocycles. The van der Waals surface area contributed by atoms with Gasteiger partial charge in [0.1, 0.15) is 11.5 Å².